The first-order chi connectivity index (χ1) is 11.9. The monoisotopic (exact) mass is 369 g/mol. The van der Waals surface area contributed by atoms with E-state index in [9.17, 15) is 17.6 Å². The van der Waals surface area contributed by atoms with Gasteiger partial charge in [-0.2, -0.15) is 0 Å². The second-order valence-corrected chi connectivity index (χ2v) is 8.82. The lowest BCUT2D eigenvalue weighted by atomic mass is 10.1. The standard InChI is InChI=1S/C17H24FN3O3S/c1-2-25(23,24)13-3-4-15(14(18)11-13)20-16-7-10-21(17(16)22)12-5-8-19-9-6-12/h3-4,11-12,16,19-20H,2,5-10H2,1H3/t16-/m0/s1. The molecule has 2 fully saturated rings. The molecule has 2 aliphatic heterocycles. The topological polar surface area (TPSA) is 78.5 Å². The molecule has 0 spiro atoms. The van der Waals surface area contributed by atoms with E-state index in [1.807, 2.05) is 4.90 Å². The first kappa shape index (κ1) is 18.1. The lowest BCUT2D eigenvalue weighted by Gasteiger charge is -2.31. The molecule has 2 heterocycles. The van der Waals surface area contributed by atoms with E-state index in [0.717, 1.165) is 32.0 Å². The number of benzene rings is 1. The van der Waals surface area contributed by atoms with Gasteiger partial charge in [0.25, 0.3) is 0 Å². The molecule has 2 saturated heterocycles. The number of hydrogen-bond acceptors (Lipinski definition) is 5. The van der Waals surface area contributed by atoms with Crippen molar-refractivity contribution in [3.63, 3.8) is 0 Å². The Hall–Kier alpha value is -1.67. The molecule has 0 radical (unpaired) electrons. The molecule has 0 aromatic heterocycles. The number of carbonyl (C=O) groups is 1. The predicted molar refractivity (Wildman–Crippen MR) is 93.8 cm³/mol. The number of nitrogens with zero attached hydrogens (tertiary/aromatic N) is 1. The Morgan fingerprint density at radius 1 is 1.28 bits per heavy atom. The molecule has 0 unspecified atom stereocenters. The van der Waals surface area contributed by atoms with Crippen molar-refractivity contribution in [3.05, 3.63) is 24.0 Å². The summed E-state index contributed by atoms with van der Waals surface area (Å²) in [5.74, 6) is -0.731. The van der Waals surface area contributed by atoms with Crippen molar-refractivity contribution in [1.29, 1.82) is 0 Å². The number of likely N-dealkylation sites (tertiary alicyclic amines) is 1. The van der Waals surface area contributed by atoms with E-state index in [-0.39, 0.29) is 28.3 Å². The van der Waals surface area contributed by atoms with Gasteiger partial charge in [-0.25, -0.2) is 12.8 Å². The van der Waals surface area contributed by atoms with Crippen LogP contribution in [0.3, 0.4) is 0 Å². The summed E-state index contributed by atoms with van der Waals surface area (Å²) in [6.07, 6.45) is 2.50. The summed E-state index contributed by atoms with van der Waals surface area (Å²) < 4.78 is 37.9. The van der Waals surface area contributed by atoms with Gasteiger partial charge < -0.3 is 15.5 Å². The number of rotatable bonds is 5. The Morgan fingerprint density at radius 2 is 2.00 bits per heavy atom. The zero-order chi connectivity index (χ0) is 18.0. The largest absolute Gasteiger partial charge is 0.371 e. The van der Waals surface area contributed by atoms with E-state index in [0.29, 0.717) is 13.0 Å². The Morgan fingerprint density at radius 3 is 2.64 bits per heavy atom. The van der Waals surface area contributed by atoms with Crippen molar-refractivity contribution in [2.75, 3.05) is 30.7 Å². The van der Waals surface area contributed by atoms with Gasteiger partial charge in [0.1, 0.15) is 11.9 Å². The molecule has 0 saturated carbocycles. The molecule has 0 aliphatic carbocycles. The zero-order valence-electron chi connectivity index (χ0n) is 14.3. The number of amides is 1. The quantitative estimate of drug-likeness (QED) is 0.820. The maximum atomic E-state index is 14.3. The van der Waals surface area contributed by atoms with Crippen molar-refractivity contribution >= 4 is 21.4 Å². The lowest BCUT2D eigenvalue weighted by molar-refractivity contribution is -0.130. The van der Waals surface area contributed by atoms with E-state index >= 15 is 0 Å². The van der Waals surface area contributed by atoms with Crippen LogP contribution < -0.4 is 10.6 Å². The molecule has 2 aliphatic rings. The molecule has 2 N–H and O–H groups in total. The average Bonchev–Trinajstić information content (AvgIpc) is 2.98. The van der Waals surface area contributed by atoms with Gasteiger partial charge in [-0.05, 0) is 50.6 Å². The molecular weight excluding hydrogens is 345 g/mol. The molecule has 25 heavy (non-hydrogen) atoms. The zero-order valence-corrected chi connectivity index (χ0v) is 15.1. The summed E-state index contributed by atoms with van der Waals surface area (Å²) in [5.41, 5.74) is 0.167. The van der Waals surface area contributed by atoms with E-state index in [4.69, 9.17) is 0 Å². The Balaban J connectivity index is 1.69. The van der Waals surface area contributed by atoms with E-state index < -0.39 is 21.7 Å². The summed E-state index contributed by atoms with van der Waals surface area (Å²) in [6, 6.07) is 3.60. The first-order valence-electron chi connectivity index (χ1n) is 8.72. The van der Waals surface area contributed by atoms with Crippen molar-refractivity contribution in [2.45, 2.75) is 43.2 Å². The number of nitrogens with one attached hydrogen (secondary N) is 2. The average molecular weight is 369 g/mol. The summed E-state index contributed by atoms with van der Waals surface area (Å²) in [4.78, 5) is 14.5. The fraction of sp³-hybridized carbons (Fsp3) is 0.588. The minimum atomic E-state index is -3.45. The number of carbonyl (C=O) groups excluding carboxylic acids is 1. The van der Waals surface area contributed by atoms with E-state index in [1.54, 1.807) is 0 Å². The SMILES string of the molecule is CCS(=O)(=O)c1ccc(N[C@H]2CCN(C3CCNCC3)C2=O)c(F)c1. The van der Waals surface area contributed by atoms with Crippen LogP contribution in [0, 0.1) is 5.82 Å². The van der Waals surface area contributed by atoms with Gasteiger partial charge in [-0.3, -0.25) is 4.79 Å². The Bertz CT molecular complexity index is 748. The highest BCUT2D eigenvalue weighted by Crippen LogP contribution is 2.25. The smallest absolute Gasteiger partial charge is 0.245 e. The highest BCUT2D eigenvalue weighted by Gasteiger charge is 2.36. The third kappa shape index (κ3) is 3.79. The van der Waals surface area contributed by atoms with Crippen molar-refractivity contribution < 1.29 is 17.6 Å². The van der Waals surface area contributed by atoms with Gasteiger partial charge in [0.15, 0.2) is 9.84 Å². The first-order valence-corrected chi connectivity index (χ1v) is 10.4. The normalized spacial score (nSPS) is 22.4. The van der Waals surface area contributed by atoms with Crippen molar-refractivity contribution in [3.8, 4) is 0 Å². The lowest BCUT2D eigenvalue weighted by Crippen LogP contribution is -2.45. The molecular formula is C17H24FN3O3S. The fourth-order valence-corrected chi connectivity index (χ4v) is 4.37. The third-order valence-electron chi connectivity index (χ3n) is 5.00. The molecule has 6 nitrogen and oxygen atoms in total. The van der Waals surface area contributed by atoms with Crippen molar-refractivity contribution in [1.82, 2.24) is 10.2 Å². The van der Waals surface area contributed by atoms with Gasteiger partial charge >= 0.3 is 0 Å². The van der Waals surface area contributed by atoms with Crippen LogP contribution in [0.15, 0.2) is 23.1 Å². The summed E-state index contributed by atoms with van der Waals surface area (Å²) in [5, 5.41) is 6.23. The Kier molecular flexibility index (Phi) is 5.29. The van der Waals surface area contributed by atoms with Crippen LogP contribution in [0.1, 0.15) is 26.2 Å². The van der Waals surface area contributed by atoms with Crippen LogP contribution in [0.25, 0.3) is 0 Å². The van der Waals surface area contributed by atoms with E-state index in [1.165, 1.54) is 19.1 Å². The Labute approximate surface area is 147 Å². The van der Waals surface area contributed by atoms with Gasteiger partial charge in [0.05, 0.1) is 16.3 Å². The summed E-state index contributed by atoms with van der Waals surface area (Å²) in [6.45, 7) is 4.01. The fourth-order valence-electron chi connectivity index (χ4n) is 3.48. The third-order valence-corrected chi connectivity index (χ3v) is 6.73. The predicted octanol–water partition coefficient (Wildman–Crippen LogP) is 1.38. The molecule has 1 atom stereocenters. The van der Waals surface area contributed by atoms with Gasteiger partial charge in [-0.1, -0.05) is 6.92 Å². The van der Waals surface area contributed by atoms with Crippen LogP contribution in [-0.2, 0) is 14.6 Å². The van der Waals surface area contributed by atoms with Gasteiger partial charge in [-0.15, -0.1) is 0 Å². The second kappa shape index (κ2) is 7.29. The minimum absolute atomic E-state index is 0.00319. The second-order valence-electron chi connectivity index (χ2n) is 6.54. The van der Waals surface area contributed by atoms with Crippen LogP contribution in [0.4, 0.5) is 10.1 Å². The molecule has 138 valence electrons. The molecule has 1 amide bonds. The summed E-state index contributed by atoms with van der Waals surface area (Å²) in [7, 11) is -3.45. The number of anilines is 1. The van der Waals surface area contributed by atoms with Crippen molar-refractivity contribution in [2.24, 2.45) is 0 Å². The highest BCUT2D eigenvalue weighted by molar-refractivity contribution is 7.91. The minimum Gasteiger partial charge on any atom is -0.371 e. The van der Waals surface area contributed by atoms with Gasteiger partial charge in [0, 0.05) is 12.6 Å². The summed E-state index contributed by atoms with van der Waals surface area (Å²) >= 11 is 0. The molecule has 1 aromatic carbocycles. The van der Waals surface area contributed by atoms with Crippen LogP contribution in [-0.4, -0.2) is 56.7 Å². The van der Waals surface area contributed by atoms with Gasteiger partial charge in [0.2, 0.25) is 5.91 Å². The van der Waals surface area contributed by atoms with Crippen LogP contribution in [0.5, 0.6) is 0 Å². The maximum Gasteiger partial charge on any atom is 0.245 e. The maximum absolute atomic E-state index is 14.3. The van der Waals surface area contributed by atoms with Crippen LogP contribution in [0.2, 0.25) is 0 Å². The molecule has 3 rings (SSSR count). The number of piperidine rings is 1. The van der Waals surface area contributed by atoms with E-state index in [2.05, 4.69) is 10.6 Å². The number of halogens is 1. The highest BCUT2D eigenvalue weighted by atomic mass is 32.2. The number of sulfone groups is 1. The molecule has 0 bridgehead atoms. The molecule has 1 aromatic rings. The van der Waals surface area contributed by atoms with Crippen LogP contribution >= 0.6 is 0 Å². The number of hydrogen-bond donors (Lipinski definition) is 2. The molecule has 8 heteroatoms.